The van der Waals surface area contributed by atoms with Crippen molar-refractivity contribution >= 4 is 52.4 Å². The average Bonchev–Trinajstić information content (AvgIpc) is 3.64. The second-order valence-corrected chi connectivity index (χ2v) is 15.5. The highest BCUT2D eigenvalue weighted by Crippen LogP contribution is 2.66. The summed E-state index contributed by atoms with van der Waals surface area (Å²) in [7, 11) is 2.90. The average molecular weight is 793 g/mol. The fourth-order valence-electron chi connectivity index (χ4n) is 10.0. The molecule has 2 aliphatic carbocycles. The molecule has 290 valence electrons. The molecule has 4 aliphatic rings. The van der Waals surface area contributed by atoms with Crippen LogP contribution < -0.4 is 19.3 Å². The molecule has 10 nitrogen and oxygen atoms in total. The second kappa shape index (κ2) is 14.1. The van der Waals surface area contributed by atoms with E-state index < -0.39 is 52.7 Å². The van der Waals surface area contributed by atoms with Crippen LogP contribution >= 0.6 is 11.6 Å². The molecule has 9 rings (SSSR count). The number of hydrogen-bond donors (Lipinski definition) is 1. The van der Waals surface area contributed by atoms with Gasteiger partial charge in [0, 0.05) is 39.8 Å². The molecule has 2 heterocycles. The first-order valence-corrected chi connectivity index (χ1v) is 19.4. The fraction of sp³-hybridized carbons (Fsp3) is 0.213. The van der Waals surface area contributed by atoms with Gasteiger partial charge in [0.2, 0.25) is 23.6 Å². The number of allylic oxidation sites excluding steroid dienone is 2. The molecule has 0 radical (unpaired) electrons. The minimum absolute atomic E-state index is 0.0835. The van der Waals surface area contributed by atoms with Gasteiger partial charge in [-0.15, -0.1) is 0 Å². The predicted octanol–water partition coefficient (Wildman–Crippen LogP) is 7.66. The number of halogens is 1. The quantitative estimate of drug-likeness (QED) is 0.0964. The summed E-state index contributed by atoms with van der Waals surface area (Å²) in [5.74, 6) is -5.87. The molecule has 0 bridgehead atoms. The van der Waals surface area contributed by atoms with Gasteiger partial charge in [0.15, 0.2) is 5.78 Å². The van der Waals surface area contributed by atoms with Gasteiger partial charge in [-0.2, -0.15) is 0 Å². The van der Waals surface area contributed by atoms with Crippen LogP contribution in [0.2, 0.25) is 5.02 Å². The lowest BCUT2D eigenvalue weighted by molar-refractivity contribution is -0.127. The van der Waals surface area contributed by atoms with Crippen LogP contribution in [0.4, 0.5) is 11.4 Å². The Morgan fingerprint density at radius 2 is 1.34 bits per heavy atom. The van der Waals surface area contributed by atoms with Crippen molar-refractivity contribution in [2.24, 2.45) is 23.7 Å². The van der Waals surface area contributed by atoms with Gasteiger partial charge < -0.3 is 14.6 Å². The van der Waals surface area contributed by atoms with E-state index in [0.29, 0.717) is 44.2 Å². The number of phenolic OH excluding ortho intramolecular Hbond substituents is 1. The van der Waals surface area contributed by atoms with Crippen molar-refractivity contribution in [3.63, 3.8) is 0 Å². The van der Waals surface area contributed by atoms with Crippen molar-refractivity contribution in [3.8, 4) is 17.2 Å². The topological polar surface area (TPSA) is 131 Å². The molecule has 1 saturated carbocycles. The third kappa shape index (κ3) is 5.42. The number of carbonyl (C=O) groups excluding carboxylic acids is 5. The van der Waals surface area contributed by atoms with Gasteiger partial charge in [0.25, 0.3) is 0 Å². The van der Waals surface area contributed by atoms with Gasteiger partial charge in [-0.25, -0.2) is 4.90 Å². The third-order valence-electron chi connectivity index (χ3n) is 12.4. The van der Waals surface area contributed by atoms with E-state index in [2.05, 4.69) is 0 Å². The van der Waals surface area contributed by atoms with E-state index in [0.717, 1.165) is 0 Å². The Kier molecular flexibility index (Phi) is 9.04. The van der Waals surface area contributed by atoms with Crippen LogP contribution in [0, 0.1) is 23.7 Å². The Bertz CT molecular complexity index is 2530. The molecular formula is C47H37ClN2O8. The number of methoxy groups -OCH3 is 2. The first-order chi connectivity index (χ1) is 28.1. The number of aromatic hydroxyl groups is 1. The maximum absolute atomic E-state index is 15.6. The number of benzene rings is 5. The number of anilines is 2. The highest BCUT2D eigenvalue weighted by Gasteiger charge is 2.71. The second-order valence-electron chi connectivity index (χ2n) is 15.1. The van der Waals surface area contributed by atoms with Crippen LogP contribution in [-0.4, -0.2) is 48.7 Å². The van der Waals surface area contributed by atoms with Crippen molar-refractivity contribution in [1.29, 1.82) is 0 Å². The van der Waals surface area contributed by atoms with Gasteiger partial charge >= 0.3 is 0 Å². The summed E-state index contributed by atoms with van der Waals surface area (Å²) in [6.45, 7) is 0. The van der Waals surface area contributed by atoms with Crippen LogP contribution in [0.5, 0.6) is 17.2 Å². The summed E-state index contributed by atoms with van der Waals surface area (Å²) in [4.78, 5) is 75.5. The van der Waals surface area contributed by atoms with Crippen molar-refractivity contribution in [1.82, 2.24) is 0 Å². The number of ketones is 1. The molecule has 1 N–H and O–H groups in total. The maximum atomic E-state index is 15.6. The molecule has 6 atom stereocenters. The number of ether oxygens (including phenoxy) is 2. The fourth-order valence-corrected chi connectivity index (χ4v) is 10.2. The predicted molar refractivity (Wildman–Crippen MR) is 216 cm³/mol. The summed E-state index contributed by atoms with van der Waals surface area (Å²) in [6, 6.07) is 33.8. The van der Waals surface area contributed by atoms with Gasteiger partial charge in [-0.3, -0.25) is 28.9 Å². The van der Waals surface area contributed by atoms with Crippen LogP contribution in [-0.2, 0) is 24.6 Å². The molecule has 0 spiro atoms. The lowest BCUT2D eigenvalue weighted by Gasteiger charge is -2.51. The largest absolute Gasteiger partial charge is 0.508 e. The zero-order valence-corrected chi connectivity index (χ0v) is 32.3. The van der Waals surface area contributed by atoms with E-state index in [4.69, 9.17) is 21.1 Å². The van der Waals surface area contributed by atoms with Gasteiger partial charge in [0.05, 0.1) is 48.8 Å². The monoisotopic (exact) mass is 792 g/mol. The van der Waals surface area contributed by atoms with E-state index in [1.807, 2.05) is 42.5 Å². The van der Waals surface area contributed by atoms with Gasteiger partial charge in [0.1, 0.15) is 17.2 Å². The molecule has 58 heavy (non-hydrogen) atoms. The van der Waals surface area contributed by atoms with Crippen molar-refractivity contribution < 1.29 is 38.6 Å². The number of amides is 4. The Morgan fingerprint density at radius 3 is 1.98 bits per heavy atom. The zero-order valence-electron chi connectivity index (χ0n) is 31.5. The number of phenols is 1. The number of imide groups is 2. The maximum Gasteiger partial charge on any atom is 0.246 e. The van der Waals surface area contributed by atoms with E-state index in [-0.39, 0.29) is 41.8 Å². The minimum atomic E-state index is -1.58. The summed E-state index contributed by atoms with van der Waals surface area (Å²) in [5.41, 5.74) is 1.68. The Morgan fingerprint density at radius 1 is 0.707 bits per heavy atom. The third-order valence-corrected chi connectivity index (χ3v) is 12.6. The minimum Gasteiger partial charge on any atom is -0.508 e. The lowest BCUT2D eigenvalue weighted by atomic mass is 9.49. The number of fused-ring (bicyclic) bond motifs is 4. The molecule has 5 aromatic carbocycles. The standard InChI is InChI=1S/C47H37ClN2O8/c1-57-37-23-32(51)24-38(58-2)40(37)41-33-20-21-34-39(45(55)49(43(34)53)30-18-16-27(17-19-30)42(52)26-10-5-3-6-11-26)35(33)25-36-44(54)50(31-15-9-14-29(48)22-31)46(56)47(36,41)28-12-7-4-8-13-28/h3-20,22-24,34-36,39,41,51H,21,25H2,1-2H3. The highest BCUT2D eigenvalue weighted by molar-refractivity contribution is 6.32. The number of carbonyl (C=O) groups is 5. The molecule has 4 amide bonds. The molecular weight excluding hydrogens is 756 g/mol. The molecule has 0 aromatic heterocycles. The van der Waals surface area contributed by atoms with Crippen molar-refractivity contribution in [2.75, 3.05) is 24.0 Å². The number of rotatable bonds is 8. The molecule has 5 aromatic rings. The Labute approximate surface area is 339 Å². The number of hydrogen-bond acceptors (Lipinski definition) is 8. The van der Waals surface area contributed by atoms with E-state index in [1.54, 1.807) is 72.8 Å². The lowest BCUT2D eigenvalue weighted by Crippen LogP contribution is -2.53. The first kappa shape index (κ1) is 37.1. The first-order valence-electron chi connectivity index (χ1n) is 19.0. The highest BCUT2D eigenvalue weighted by atomic mass is 35.5. The van der Waals surface area contributed by atoms with Crippen LogP contribution in [0.3, 0.4) is 0 Å². The molecule has 3 fully saturated rings. The summed E-state index contributed by atoms with van der Waals surface area (Å²) in [5, 5.41) is 11.1. The van der Waals surface area contributed by atoms with Crippen LogP contribution in [0.1, 0.15) is 45.8 Å². The summed E-state index contributed by atoms with van der Waals surface area (Å²) >= 11 is 6.44. The van der Waals surface area contributed by atoms with Crippen molar-refractivity contribution in [2.45, 2.75) is 24.2 Å². The molecule has 2 saturated heterocycles. The Balaban J connectivity index is 1.21. The zero-order chi connectivity index (χ0) is 40.5. The molecule has 6 unspecified atom stereocenters. The van der Waals surface area contributed by atoms with E-state index in [1.165, 1.54) is 36.2 Å². The van der Waals surface area contributed by atoms with Crippen LogP contribution in [0.15, 0.2) is 133 Å². The van der Waals surface area contributed by atoms with Crippen LogP contribution in [0.25, 0.3) is 0 Å². The summed E-state index contributed by atoms with van der Waals surface area (Å²) in [6.07, 6.45) is 2.22. The van der Waals surface area contributed by atoms with Gasteiger partial charge in [-0.1, -0.05) is 90.0 Å². The smallest absolute Gasteiger partial charge is 0.246 e. The summed E-state index contributed by atoms with van der Waals surface area (Å²) < 4.78 is 11.9. The molecule has 11 heteroatoms. The molecule has 2 aliphatic heterocycles. The van der Waals surface area contributed by atoms with E-state index in [9.17, 15) is 19.5 Å². The SMILES string of the molecule is COc1cc(O)cc(OC)c1C1C2=CCC3C(=O)N(c4ccc(C(=O)c5ccccc5)cc4)C(=O)C3C2CC2C(=O)N(c3cccc(Cl)c3)C(=O)C21c1ccccc1. The Hall–Kier alpha value is -6.52. The normalized spacial score (nSPS) is 24.9. The van der Waals surface area contributed by atoms with Crippen molar-refractivity contribution in [3.05, 3.63) is 160 Å². The number of nitrogens with zero attached hydrogens (tertiary/aromatic N) is 2. The van der Waals surface area contributed by atoms with E-state index >= 15 is 9.59 Å². The van der Waals surface area contributed by atoms with Gasteiger partial charge in [-0.05, 0) is 66.8 Å².